The minimum atomic E-state index is -0.671. The number of nitrogens with zero attached hydrogens (tertiary/aromatic N) is 2. The predicted molar refractivity (Wildman–Crippen MR) is 95.4 cm³/mol. The molecule has 1 N–H and O–H groups in total. The van der Waals surface area contributed by atoms with Gasteiger partial charge in [0.1, 0.15) is 0 Å². The fourth-order valence-electron chi connectivity index (χ4n) is 3.12. The van der Waals surface area contributed by atoms with E-state index in [1.807, 2.05) is 37.3 Å². The first-order chi connectivity index (χ1) is 12.1. The fourth-order valence-corrected chi connectivity index (χ4v) is 3.12. The van der Waals surface area contributed by atoms with Gasteiger partial charge in [-0.15, -0.1) is 0 Å². The van der Waals surface area contributed by atoms with Crippen LogP contribution < -0.4 is 10.9 Å². The lowest BCUT2D eigenvalue weighted by atomic mass is 9.99. The van der Waals surface area contributed by atoms with Crippen LogP contribution in [0.5, 0.6) is 0 Å². The highest BCUT2D eigenvalue weighted by Gasteiger charge is 2.30. The second-order valence-electron chi connectivity index (χ2n) is 6.14. The molecule has 0 spiro atoms. The average molecular weight is 339 g/mol. The van der Waals surface area contributed by atoms with E-state index in [9.17, 15) is 14.4 Å². The normalized spacial score (nSPS) is 16.7. The highest BCUT2D eigenvalue weighted by atomic mass is 16.2. The van der Waals surface area contributed by atoms with Crippen LogP contribution in [-0.4, -0.2) is 34.4 Å². The van der Waals surface area contributed by atoms with E-state index in [1.165, 1.54) is 22.3 Å². The highest BCUT2D eigenvalue weighted by molar-refractivity contribution is 6.39. The van der Waals surface area contributed by atoms with Crippen molar-refractivity contribution in [2.24, 2.45) is 0 Å². The number of hydrogen-bond donors (Lipinski definition) is 1. The summed E-state index contributed by atoms with van der Waals surface area (Å²) < 4.78 is 1.47. The van der Waals surface area contributed by atoms with Gasteiger partial charge in [-0.2, -0.15) is 0 Å². The van der Waals surface area contributed by atoms with Crippen LogP contribution >= 0.6 is 0 Å². The van der Waals surface area contributed by atoms with Crippen molar-refractivity contribution in [1.82, 2.24) is 9.47 Å². The van der Waals surface area contributed by atoms with Gasteiger partial charge in [0.25, 0.3) is 5.56 Å². The molecule has 1 aromatic heterocycles. The average Bonchev–Trinajstić information content (AvgIpc) is 3.13. The molecule has 6 heteroatoms. The highest BCUT2D eigenvalue weighted by Crippen LogP contribution is 2.27. The van der Waals surface area contributed by atoms with Gasteiger partial charge in [0.05, 0.1) is 5.69 Å². The largest absolute Gasteiger partial charge is 0.334 e. The van der Waals surface area contributed by atoms with E-state index < -0.39 is 11.8 Å². The standard InChI is InChI=1S/C19H21N3O3/c1-2-21-13-16(8-9-17(21)23)20-18(24)19(25)22-11-10-15(12-22)14-6-4-3-5-7-14/h3-9,13,15H,2,10-12H2,1H3,(H,20,24). The van der Waals surface area contributed by atoms with Crippen molar-refractivity contribution in [3.05, 3.63) is 64.6 Å². The Balaban J connectivity index is 1.63. The zero-order valence-electron chi connectivity index (χ0n) is 14.1. The Labute approximate surface area is 146 Å². The molecule has 2 aromatic rings. The van der Waals surface area contributed by atoms with Crippen molar-refractivity contribution < 1.29 is 9.59 Å². The van der Waals surface area contributed by atoms with Crippen molar-refractivity contribution in [2.75, 3.05) is 18.4 Å². The summed E-state index contributed by atoms with van der Waals surface area (Å²) in [6, 6.07) is 12.9. The van der Waals surface area contributed by atoms with Crippen LogP contribution in [0.1, 0.15) is 24.8 Å². The van der Waals surface area contributed by atoms with Crippen molar-refractivity contribution in [3.63, 3.8) is 0 Å². The molecule has 0 bridgehead atoms. The molecular weight excluding hydrogens is 318 g/mol. The van der Waals surface area contributed by atoms with E-state index in [0.29, 0.717) is 25.3 Å². The van der Waals surface area contributed by atoms with Crippen LogP contribution in [-0.2, 0) is 16.1 Å². The number of benzene rings is 1. The summed E-state index contributed by atoms with van der Waals surface area (Å²) in [5.74, 6) is -0.942. The fraction of sp³-hybridized carbons (Fsp3) is 0.316. The molecule has 0 saturated carbocycles. The third-order valence-electron chi connectivity index (χ3n) is 4.52. The molecule has 0 radical (unpaired) electrons. The number of hydrogen-bond acceptors (Lipinski definition) is 3. The smallest absolute Gasteiger partial charge is 0.313 e. The molecule has 130 valence electrons. The van der Waals surface area contributed by atoms with Gasteiger partial charge in [-0.25, -0.2) is 0 Å². The Morgan fingerprint density at radius 2 is 1.92 bits per heavy atom. The second-order valence-corrected chi connectivity index (χ2v) is 6.14. The Hall–Kier alpha value is -2.89. The molecule has 1 saturated heterocycles. The zero-order valence-corrected chi connectivity index (χ0v) is 14.1. The number of carbonyl (C=O) groups excluding carboxylic acids is 2. The van der Waals surface area contributed by atoms with Crippen molar-refractivity contribution in [3.8, 4) is 0 Å². The van der Waals surface area contributed by atoms with Gasteiger partial charge in [-0.05, 0) is 25.0 Å². The first kappa shape index (κ1) is 17.0. The van der Waals surface area contributed by atoms with Gasteiger partial charge in [0.2, 0.25) is 0 Å². The molecule has 2 heterocycles. The number of rotatable bonds is 3. The second kappa shape index (κ2) is 7.34. The predicted octanol–water partition coefficient (Wildman–Crippen LogP) is 1.82. The summed E-state index contributed by atoms with van der Waals surface area (Å²) in [6.45, 7) is 3.46. The third kappa shape index (κ3) is 3.79. The number of amides is 2. The van der Waals surface area contributed by atoms with Crippen LogP contribution in [0.25, 0.3) is 0 Å². The number of aryl methyl sites for hydroxylation is 1. The number of anilines is 1. The first-order valence-corrected chi connectivity index (χ1v) is 8.44. The van der Waals surface area contributed by atoms with Gasteiger partial charge >= 0.3 is 11.8 Å². The van der Waals surface area contributed by atoms with Crippen LogP contribution in [0.4, 0.5) is 5.69 Å². The molecule has 1 fully saturated rings. The van der Waals surface area contributed by atoms with E-state index in [-0.39, 0.29) is 11.5 Å². The zero-order chi connectivity index (χ0) is 17.8. The number of pyridine rings is 1. The summed E-state index contributed by atoms with van der Waals surface area (Å²) in [4.78, 5) is 37.8. The Morgan fingerprint density at radius 1 is 1.16 bits per heavy atom. The van der Waals surface area contributed by atoms with Crippen LogP contribution in [0, 0.1) is 0 Å². The van der Waals surface area contributed by atoms with Gasteiger partial charge in [-0.1, -0.05) is 30.3 Å². The Kier molecular flexibility index (Phi) is 4.97. The molecule has 3 rings (SSSR count). The molecule has 1 unspecified atom stereocenters. The van der Waals surface area contributed by atoms with Gasteiger partial charge in [0, 0.05) is 37.8 Å². The molecule has 0 aliphatic carbocycles. The van der Waals surface area contributed by atoms with E-state index in [2.05, 4.69) is 5.32 Å². The molecule has 1 atom stereocenters. The molecule has 1 aliphatic heterocycles. The SMILES string of the molecule is CCn1cc(NC(=O)C(=O)N2CCC(c3ccccc3)C2)ccc1=O. The van der Waals surface area contributed by atoms with E-state index in [4.69, 9.17) is 0 Å². The van der Waals surface area contributed by atoms with E-state index >= 15 is 0 Å². The molecule has 6 nitrogen and oxygen atoms in total. The number of aromatic nitrogens is 1. The first-order valence-electron chi connectivity index (χ1n) is 8.44. The van der Waals surface area contributed by atoms with Crippen molar-refractivity contribution >= 4 is 17.5 Å². The molecule has 1 aliphatic rings. The lowest BCUT2D eigenvalue weighted by molar-refractivity contribution is -0.142. The van der Waals surface area contributed by atoms with Crippen LogP contribution in [0.15, 0.2) is 53.5 Å². The Bertz CT molecular complexity index is 829. The maximum atomic E-state index is 12.4. The summed E-state index contributed by atoms with van der Waals surface area (Å²) in [7, 11) is 0. The van der Waals surface area contributed by atoms with Gasteiger partial charge in [-0.3, -0.25) is 14.4 Å². The number of carbonyl (C=O) groups is 2. The third-order valence-corrected chi connectivity index (χ3v) is 4.52. The van der Waals surface area contributed by atoms with Crippen LogP contribution in [0.2, 0.25) is 0 Å². The number of nitrogens with one attached hydrogen (secondary N) is 1. The van der Waals surface area contributed by atoms with Crippen LogP contribution in [0.3, 0.4) is 0 Å². The minimum Gasteiger partial charge on any atom is -0.334 e. The van der Waals surface area contributed by atoms with Crippen molar-refractivity contribution in [1.29, 1.82) is 0 Å². The summed E-state index contributed by atoms with van der Waals surface area (Å²) >= 11 is 0. The lowest BCUT2D eigenvalue weighted by Crippen LogP contribution is -2.38. The van der Waals surface area contributed by atoms with Crippen molar-refractivity contribution in [2.45, 2.75) is 25.8 Å². The maximum Gasteiger partial charge on any atom is 0.313 e. The summed E-state index contributed by atoms with van der Waals surface area (Å²) in [5, 5.41) is 2.59. The Morgan fingerprint density at radius 3 is 2.64 bits per heavy atom. The molecule has 1 aromatic carbocycles. The van der Waals surface area contributed by atoms with E-state index in [1.54, 1.807) is 11.1 Å². The molecular formula is C19H21N3O3. The molecule has 25 heavy (non-hydrogen) atoms. The quantitative estimate of drug-likeness (QED) is 0.867. The summed E-state index contributed by atoms with van der Waals surface area (Å²) in [5.41, 5.74) is 1.49. The lowest BCUT2D eigenvalue weighted by Gasteiger charge is -2.16. The number of likely N-dealkylation sites (tertiary alicyclic amines) is 1. The minimum absolute atomic E-state index is 0.142. The maximum absolute atomic E-state index is 12.4. The summed E-state index contributed by atoms with van der Waals surface area (Å²) in [6.07, 6.45) is 2.40. The van der Waals surface area contributed by atoms with E-state index in [0.717, 1.165) is 6.42 Å². The van der Waals surface area contributed by atoms with Gasteiger partial charge in [0.15, 0.2) is 0 Å². The topological polar surface area (TPSA) is 71.4 Å². The monoisotopic (exact) mass is 339 g/mol. The van der Waals surface area contributed by atoms with Gasteiger partial charge < -0.3 is 14.8 Å². The molecule has 2 amide bonds.